The van der Waals surface area contributed by atoms with Crippen molar-refractivity contribution in [2.45, 2.75) is 69.6 Å². The fourth-order valence-corrected chi connectivity index (χ4v) is 4.44. The predicted molar refractivity (Wildman–Crippen MR) is 110 cm³/mol. The number of halogens is 2. The van der Waals surface area contributed by atoms with Crippen molar-refractivity contribution >= 4 is 23.4 Å². The lowest BCUT2D eigenvalue weighted by atomic mass is 10.0. The molecule has 160 valence electrons. The van der Waals surface area contributed by atoms with Crippen LogP contribution in [-0.4, -0.2) is 47.9 Å². The van der Waals surface area contributed by atoms with Gasteiger partial charge in [-0.25, -0.2) is 4.39 Å². The summed E-state index contributed by atoms with van der Waals surface area (Å²) in [6.07, 6.45) is 7.83. The minimum absolute atomic E-state index is 0.0509. The summed E-state index contributed by atoms with van der Waals surface area (Å²) in [7, 11) is 0. The normalized spacial score (nSPS) is 21.4. The Bertz CT molecular complexity index is 688. The molecule has 0 unspecified atom stereocenters. The molecule has 0 aromatic heterocycles. The lowest BCUT2D eigenvalue weighted by Crippen LogP contribution is -2.49. The van der Waals surface area contributed by atoms with E-state index >= 15 is 0 Å². The topological polar surface area (TPSA) is 58.6 Å². The monoisotopic (exact) mass is 424 g/mol. The van der Waals surface area contributed by atoms with Gasteiger partial charge in [-0.2, -0.15) is 0 Å². The van der Waals surface area contributed by atoms with Crippen molar-refractivity contribution in [3.05, 3.63) is 35.6 Å². The first-order chi connectivity index (χ1) is 14.1. The van der Waals surface area contributed by atoms with Crippen molar-refractivity contribution in [1.29, 1.82) is 0 Å². The number of ether oxygens (including phenoxy) is 1. The zero-order valence-electron chi connectivity index (χ0n) is 16.7. The standard InChI is InChI=1S/C22H30ClFN2O3/c23-14-20(27)26(15-17-10-7-13-29-17)21(18-11-5-6-12-19(18)24)22(28)25-16-8-3-1-2-4-9-16/h5-6,11-12,16-17,21H,1-4,7-10,13-15H2,(H,25,28)/t17-,21-/m0/s1. The summed E-state index contributed by atoms with van der Waals surface area (Å²) in [4.78, 5) is 27.5. The maximum atomic E-state index is 14.7. The van der Waals surface area contributed by atoms with E-state index in [1.54, 1.807) is 18.2 Å². The first kappa shape index (κ1) is 22.0. The molecule has 0 radical (unpaired) electrons. The lowest BCUT2D eigenvalue weighted by molar-refractivity contribution is -0.141. The molecule has 1 N–H and O–H groups in total. The molecule has 5 nitrogen and oxygen atoms in total. The summed E-state index contributed by atoms with van der Waals surface area (Å²) in [6.45, 7) is 0.856. The van der Waals surface area contributed by atoms with Gasteiger partial charge in [-0.05, 0) is 31.7 Å². The van der Waals surface area contributed by atoms with Gasteiger partial charge in [0.25, 0.3) is 0 Å². The van der Waals surface area contributed by atoms with Crippen molar-refractivity contribution in [1.82, 2.24) is 10.2 Å². The molecular formula is C22H30ClFN2O3. The van der Waals surface area contributed by atoms with Crippen LogP contribution in [0.3, 0.4) is 0 Å². The molecule has 2 fully saturated rings. The van der Waals surface area contributed by atoms with Gasteiger partial charge >= 0.3 is 0 Å². The van der Waals surface area contributed by atoms with Crippen LogP contribution >= 0.6 is 11.6 Å². The Labute approximate surface area is 176 Å². The molecule has 2 aliphatic rings. The number of nitrogens with zero attached hydrogens (tertiary/aromatic N) is 1. The molecule has 7 heteroatoms. The number of hydrogen-bond acceptors (Lipinski definition) is 3. The van der Waals surface area contributed by atoms with E-state index in [1.807, 2.05) is 0 Å². The number of hydrogen-bond donors (Lipinski definition) is 1. The molecule has 2 atom stereocenters. The van der Waals surface area contributed by atoms with Crippen molar-refractivity contribution < 1.29 is 18.7 Å². The number of carbonyl (C=O) groups is 2. The summed E-state index contributed by atoms with van der Waals surface area (Å²) < 4.78 is 20.4. The summed E-state index contributed by atoms with van der Waals surface area (Å²) in [5.41, 5.74) is 0.190. The van der Waals surface area contributed by atoms with E-state index in [9.17, 15) is 14.0 Å². The van der Waals surface area contributed by atoms with Gasteiger partial charge in [-0.15, -0.1) is 11.6 Å². The smallest absolute Gasteiger partial charge is 0.247 e. The fraction of sp³-hybridized carbons (Fsp3) is 0.636. The van der Waals surface area contributed by atoms with E-state index in [0.717, 1.165) is 38.5 Å². The molecule has 0 bridgehead atoms. The Morgan fingerprint density at radius 3 is 2.48 bits per heavy atom. The average molecular weight is 425 g/mol. The van der Waals surface area contributed by atoms with E-state index in [0.29, 0.717) is 6.61 Å². The van der Waals surface area contributed by atoms with Crippen LogP contribution in [0.1, 0.15) is 63.0 Å². The number of rotatable bonds is 7. The molecule has 3 rings (SSSR count). The average Bonchev–Trinajstić information content (AvgIpc) is 3.11. The van der Waals surface area contributed by atoms with Crippen molar-refractivity contribution in [2.75, 3.05) is 19.0 Å². The highest BCUT2D eigenvalue weighted by atomic mass is 35.5. The Morgan fingerprint density at radius 2 is 1.86 bits per heavy atom. The van der Waals surface area contributed by atoms with Crippen LogP contribution in [0, 0.1) is 5.82 Å². The quantitative estimate of drug-likeness (QED) is 0.532. The second kappa shape index (κ2) is 10.9. The third-order valence-corrected chi connectivity index (χ3v) is 6.05. The zero-order chi connectivity index (χ0) is 20.6. The number of carbonyl (C=O) groups excluding carboxylic acids is 2. The second-order valence-electron chi connectivity index (χ2n) is 7.94. The largest absolute Gasteiger partial charge is 0.376 e. The van der Waals surface area contributed by atoms with Crippen LogP contribution in [0.25, 0.3) is 0 Å². The van der Waals surface area contributed by atoms with Crippen molar-refractivity contribution in [2.24, 2.45) is 0 Å². The van der Waals surface area contributed by atoms with Crippen LogP contribution < -0.4 is 5.32 Å². The fourth-order valence-electron chi connectivity index (χ4n) is 4.29. The van der Waals surface area contributed by atoms with Crippen LogP contribution in [0.4, 0.5) is 4.39 Å². The van der Waals surface area contributed by atoms with Crippen LogP contribution in [0.2, 0.25) is 0 Å². The van der Waals surface area contributed by atoms with Crippen molar-refractivity contribution in [3.8, 4) is 0 Å². The van der Waals surface area contributed by atoms with E-state index in [4.69, 9.17) is 16.3 Å². The maximum absolute atomic E-state index is 14.7. The molecule has 1 heterocycles. The Hall–Kier alpha value is -1.66. The van der Waals surface area contributed by atoms with Gasteiger partial charge in [0, 0.05) is 24.8 Å². The zero-order valence-corrected chi connectivity index (χ0v) is 17.5. The molecule has 1 saturated carbocycles. The summed E-state index contributed by atoms with van der Waals surface area (Å²) in [6, 6.07) is 5.13. The van der Waals surface area contributed by atoms with Crippen LogP contribution in [0.5, 0.6) is 0 Å². The maximum Gasteiger partial charge on any atom is 0.247 e. The Balaban J connectivity index is 1.88. The van der Waals surface area contributed by atoms with E-state index < -0.39 is 17.8 Å². The molecule has 2 amide bonds. The highest BCUT2D eigenvalue weighted by Gasteiger charge is 2.36. The molecule has 29 heavy (non-hydrogen) atoms. The van der Waals surface area contributed by atoms with Gasteiger partial charge in [0.15, 0.2) is 0 Å². The molecule has 0 spiro atoms. The summed E-state index contributed by atoms with van der Waals surface area (Å²) in [5.74, 6) is -1.52. The summed E-state index contributed by atoms with van der Waals surface area (Å²) >= 11 is 5.86. The minimum Gasteiger partial charge on any atom is -0.376 e. The van der Waals surface area contributed by atoms with E-state index in [1.165, 1.54) is 23.8 Å². The van der Waals surface area contributed by atoms with Gasteiger partial charge in [0.1, 0.15) is 17.7 Å². The van der Waals surface area contributed by atoms with Gasteiger partial charge < -0.3 is 15.0 Å². The highest BCUT2D eigenvalue weighted by molar-refractivity contribution is 6.27. The molecule has 1 aromatic rings. The molecule has 1 saturated heterocycles. The van der Waals surface area contributed by atoms with E-state index in [2.05, 4.69) is 5.32 Å². The number of benzene rings is 1. The van der Waals surface area contributed by atoms with Gasteiger partial charge in [0.2, 0.25) is 11.8 Å². The van der Waals surface area contributed by atoms with Gasteiger partial charge in [-0.3, -0.25) is 9.59 Å². The van der Waals surface area contributed by atoms with Gasteiger partial charge in [-0.1, -0.05) is 43.9 Å². The number of alkyl halides is 1. The second-order valence-corrected chi connectivity index (χ2v) is 8.20. The van der Waals surface area contributed by atoms with Crippen molar-refractivity contribution in [3.63, 3.8) is 0 Å². The SMILES string of the molecule is O=C(NC1CCCCCC1)[C@H](c1ccccc1F)N(C[C@@H]1CCCO1)C(=O)CCl. The highest BCUT2D eigenvalue weighted by Crippen LogP contribution is 2.28. The Kier molecular flexibility index (Phi) is 8.30. The lowest BCUT2D eigenvalue weighted by Gasteiger charge is -2.33. The molecular weight excluding hydrogens is 395 g/mol. The summed E-state index contributed by atoms with van der Waals surface area (Å²) in [5, 5.41) is 3.09. The molecule has 1 aromatic carbocycles. The number of nitrogens with one attached hydrogen (secondary N) is 1. The van der Waals surface area contributed by atoms with E-state index in [-0.39, 0.29) is 36.0 Å². The van der Waals surface area contributed by atoms with Crippen LogP contribution in [-0.2, 0) is 14.3 Å². The number of amides is 2. The minimum atomic E-state index is -1.06. The third-order valence-electron chi connectivity index (χ3n) is 5.82. The predicted octanol–water partition coefficient (Wildman–Crippen LogP) is 3.95. The molecule has 1 aliphatic carbocycles. The van der Waals surface area contributed by atoms with Gasteiger partial charge in [0.05, 0.1) is 6.10 Å². The first-order valence-electron chi connectivity index (χ1n) is 10.6. The van der Waals surface area contributed by atoms with Crippen LogP contribution in [0.15, 0.2) is 24.3 Å². The first-order valence-corrected chi connectivity index (χ1v) is 11.2. The third kappa shape index (κ3) is 5.92. The molecule has 1 aliphatic heterocycles. The Morgan fingerprint density at radius 1 is 1.14 bits per heavy atom.